The number of fused-ring (bicyclic) bond motifs is 1. The molecule has 1 aliphatic heterocycles. The summed E-state index contributed by atoms with van der Waals surface area (Å²) in [5.74, 6) is 1.97. The summed E-state index contributed by atoms with van der Waals surface area (Å²) in [5.41, 5.74) is 1.31. The first-order chi connectivity index (χ1) is 9.28. The summed E-state index contributed by atoms with van der Waals surface area (Å²) in [7, 11) is 1.76. The second-order valence-electron chi connectivity index (χ2n) is 5.83. The van der Waals surface area contributed by atoms with Gasteiger partial charge in [0.15, 0.2) is 0 Å². The molecule has 1 aromatic rings. The number of methoxy groups -OCH3 is 1. The van der Waals surface area contributed by atoms with Crippen molar-refractivity contribution in [2.45, 2.75) is 44.7 Å². The highest BCUT2D eigenvalue weighted by atomic mass is 79.9. The molecule has 2 aliphatic rings. The predicted octanol–water partition coefficient (Wildman–Crippen LogP) is 4.22. The Hall–Kier alpha value is -0.540. The van der Waals surface area contributed by atoms with Gasteiger partial charge >= 0.3 is 0 Å². The summed E-state index contributed by atoms with van der Waals surface area (Å²) in [6, 6.07) is 7.14. The monoisotopic (exact) mass is 323 g/mol. The van der Waals surface area contributed by atoms with E-state index in [0.29, 0.717) is 0 Å². The molecule has 3 heteroatoms. The van der Waals surface area contributed by atoms with E-state index in [9.17, 15) is 0 Å². The third-order valence-corrected chi connectivity index (χ3v) is 5.23. The van der Waals surface area contributed by atoms with E-state index in [1.54, 1.807) is 7.11 Å². The normalized spacial score (nSPS) is 27.3. The minimum Gasteiger partial charge on any atom is -0.496 e. The zero-order valence-electron chi connectivity index (χ0n) is 11.6. The van der Waals surface area contributed by atoms with Gasteiger partial charge in [-0.15, -0.1) is 0 Å². The van der Waals surface area contributed by atoms with Crippen LogP contribution in [0.5, 0.6) is 5.75 Å². The molecule has 0 bridgehead atoms. The lowest BCUT2D eigenvalue weighted by Gasteiger charge is -2.32. The fraction of sp³-hybridized carbons (Fsp3) is 0.625. The Morgan fingerprint density at radius 2 is 2.11 bits per heavy atom. The maximum absolute atomic E-state index is 5.50. The van der Waals surface area contributed by atoms with E-state index in [0.717, 1.165) is 28.7 Å². The van der Waals surface area contributed by atoms with Crippen molar-refractivity contribution in [1.82, 2.24) is 4.90 Å². The number of halogens is 1. The SMILES string of the molecule is COc1ccc(Br)cc1CN1CCC2CCCCC21. The summed E-state index contributed by atoms with van der Waals surface area (Å²) in [5, 5.41) is 0. The van der Waals surface area contributed by atoms with Crippen LogP contribution in [-0.4, -0.2) is 24.6 Å². The van der Waals surface area contributed by atoms with Crippen molar-refractivity contribution in [3.63, 3.8) is 0 Å². The van der Waals surface area contributed by atoms with Gasteiger partial charge in [0.1, 0.15) is 5.75 Å². The van der Waals surface area contributed by atoms with Gasteiger partial charge in [0.05, 0.1) is 7.11 Å². The summed E-state index contributed by atoms with van der Waals surface area (Å²) in [6.45, 7) is 2.29. The number of hydrogen-bond donors (Lipinski definition) is 0. The Kier molecular flexibility index (Phi) is 4.13. The summed E-state index contributed by atoms with van der Waals surface area (Å²) >= 11 is 3.57. The molecule has 0 radical (unpaired) electrons. The molecule has 0 amide bonds. The molecule has 1 aliphatic carbocycles. The minimum absolute atomic E-state index is 0.817. The maximum Gasteiger partial charge on any atom is 0.123 e. The highest BCUT2D eigenvalue weighted by Crippen LogP contribution is 2.37. The average molecular weight is 324 g/mol. The molecule has 3 rings (SSSR count). The molecular weight excluding hydrogens is 302 g/mol. The standard InChI is InChI=1S/C16H22BrNO/c1-19-16-7-6-14(17)10-13(16)11-18-9-8-12-4-2-3-5-15(12)18/h6-7,10,12,15H,2-5,8-9,11H2,1H3. The zero-order valence-corrected chi connectivity index (χ0v) is 13.2. The van der Waals surface area contributed by atoms with Crippen molar-refractivity contribution in [3.8, 4) is 5.75 Å². The third-order valence-electron chi connectivity index (χ3n) is 4.74. The first kappa shape index (κ1) is 13.4. The summed E-state index contributed by atoms with van der Waals surface area (Å²) in [6.07, 6.45) is 7.07. The van der Waals surface area contributed by atoms with E-state index in [4.69, 9.17) is 4.74 Å². The number of rotatable bonds is 3. The Bertz CT molecular complexity index is 448. The zero-order chi connectivity index (χ0) is 13.2. The van der Waals surface area contributed by atoms with Gasteiger partial charge < -0.3 is 4.74 Å². The molecule has 0 N–H and O–H groups in total. The van der Waals surface area contributed by atoms with Gasteiger partial charge in [-0.25, -0.2) is 0 Å². The van der Waals surface area contributed by atoms with Crippen LogP contribution in [0, 0.1) is 5.92 Å². The van der Waals surface area contributed by atoms with E-state index < -0.39 is 0 Å². The Balaban J connectivity index is 1.76. The third kappa shape index (κ3) is 2.82. The van der Waals surface area contributed by atoms with E-state index in [-0.39, 0.29) is 0 Å². The van der Waals surface area contributed by atoms with E-state index in [2.05, 4.69) is 39.0 Å². The highest BCUT2D eigenvalue weighted by molar-refractivity contribution is 9.10. The molecular formula is C16H22BrNO. The number of nitrogens with zero attached hydrogens (tertiary/aromatic N) is 1. The van der Waals surface area contributed by atoms with Crippen molar-refractivity contribution in [3.05, 3.63) is 28.2 Å². The second-order valence-corrected chi connectivity index (χ2v) is 6.74. The van der Waals surface area contributed by atoms with Gasteiger partial charge in [-0.3, -0.25) is 4.90 Å². The van der Waals surface area contributed by atoms with Crippen LogP contribution in [0.3, 0.4) is 0 Å². The average Bonchev–Trinajstić information content (AvgIpc) is 2.83. The van der Waals surface area contributed by atoms with Gasteiger partial charge in [-0.2, -0.15) is 0 Å². The van der Waals surface area contributed by atoms with Crippen LogP contribution in [0.2, 0.25) is 0 Å². The Morgan fingerprint density at radius 1 is 1.26 bits per heavy atom. The van der Waals surface area contributed by atoms with Gasteiger partial charge in [-0.1, -0.05) is 28.8 Å². The molecule has 0 spiro atoms. The number of ether oxygens (including phenoxy) is 1. The van der Waals surface area contributed by atoms with Gasteiger partial charge in [-0.05, 0) is 49.9 Å². The van der Waals surface area contributed by atoms with Crippen LogP contribution < -0.4 is 4.74 Å². The molecule has 2 fully saturated rings. The van der Waals surface area contributed by atoms with Crippen LogP contribution in [0.4, 0.5) is 0 Å². The van der Waals surface area contributed by atoms with E-state index >= 15 is 0 Å². The van der Waals surface area contributed by atoms with Crippen LogP contribution in [-0.2, 0) is 6.54 Å². The molecule has 1 aromatic carbocycles. The van der Waals surface area contributed by atoms with Crippen molar-refractivity contribution < 1.29 is 4.74 Å². The van der Waals surface area contributed by atoms with Crippen LogP contribution in [0.15, 0.2) is 22.7 Å². The number of benzene rings is 1. The van der Waals surface area contributed by atoms with Crippen LogP contribution >= 0.6 is 15.9 Å². The lowest BCUT2D eigenvalue weighted by atomic mass is 9.85. The van der Waals surface area contributed by atoms with Gasteiger partial charge in [0.25, 0.3) is 0 Å². The lowest BCUT2D eigenvalue weighted by Crippen LogP contribution is -2.34. The minimum atomic E-state index is 0.817. The predicted molar refractivity (Wildman–Crippen MR) is 81.5 cm³/mol. The van der Waals surface area contributed by atoms with E-state index in [1.807, 2.05) is 0 Å². The molecule has 2 atom stereocenters. The molecule has 1 saturated heterocycles. The number of likely N-dealkylation sites (tertiary alicyclic amines) is 1. The van der Waals surface area contributed by atoms with Gasteiger partial charge in [0, 0.05) is 22.6 Å². The maximum atomic E-state index is 5.50. The van der Waals surface area contributed by atoms with Crippen molar-refractivity contribution in [1.29, 1.82) is 0 Å². The molecule has 1 saturated carbocycles. The molecule has 2 unspecified atom stereocenters. The topological polar surface area (TPSA) is 12.5 Å². The van der Waals surface area contributed by atoms with E-state index in [1.165, 1.54) is 44.2 Å². The Morgan fingerprint density at radius 3 is 2.95 bits per heavy atom. The largest absolute Gasteiger partial charge is 0.496 e. The molecule has 104 valence electrons. The van der Waals surface area contributed by atoms with Crippen LogP contribution in [0.25, 0.3) is 0 Å². The quantitative estimate of drug-likeness (QED) is 0.825. The fourth-order valence-electron chi connectivity index (χ4n) is 3.79. The van der Waals surface area contributed by atoms with Crippen molar-refractivity contribution >= 4 is 15.9 Å². The second kappa shape index (κ2) is 5.84. The smallest absolute Gasteiger partial charge is 0.123 e. The van der Waals surface area contributed by atoms with Gasteiger partial charge in [0.2, 0.25) is 0 Å². The highest BCUT2D eigenvalue weighted by Gasteiger charge is 2.35. The Labute approximate surface area is 124 Å². The summed E-state index contributed by atoms with van der Waals surface area (Å²) in [4.78, 5) is 2.67. The molecule has 1 heterocycles. The molecule has 0 aromatic heterocycles. The first-order valence-corrected chi connectivity index (χ1v) is 8.13. The number of hydrogen-bond acceptors (Lipinski definition) is 2. The molecule has 2 nitrogen and oxygen atoms in total. The van der Waals surface area contributed by atoms with Crippen molar-refractivity contribution in [2.75, 3.05) is 13.7 Å². The summed E-state index contributed by atoms with van der Waals surface area (Å²) < 4.78 is 6.64. The van der Waals surface area contributed by atoms with Crippen molar-refractivity contribution in [2.24, 2.45) is 5.92 Å². The van der Waals surface area contributed by atoms with Crippen LogP contribution in [0.1, 0.15) is 37.7 Å². The first-order valence-electron chi connectivity index (χ1n) is 7.34. The fourth-order valence-corrected chi connectivity index (χ4v) is 4.20. The molecule has 19 heavy (non-hydrogen) atoms. The lowest BCUT2D eigenvalue weighted by molar-refractivity contribution is 0.174.